The molecule has 0 N–H and O–H groups in total. The van der Waals surface area contributed by atoms with Crippen molar-refractivity contribution >= 4 is 44.5 Å². The highest BCUT2D eigenvalue weighted by molar-refractivity contribution is 7.80. The minimum absolute atomic E-state index is 0.116. The number of rotatable bonds is 4. The maximum absolute atomic E-state index is 14.0. The van der Waals surface area contributed by atoms with E-state index in [1.165, 1.54) is 0 Å². The molecule has 1 aromatic heterocycles. The normalized spacial score (nSPS) is 15.4. The summed E-state index contributed by atoms with van der Waals surface area (Å²) in [4.78, 5) is 17.1. The van der Waals surface area contributed by atoms with Crippen molar-refractivity contribution in [3.8, 4) is 16.9 Å². The molecular weight excluding hydrogens is 418 g/mol. The lowest BCUT2D eigenvalue weighted by molar-refractivity contribution is -0.121. The van der Waals surface area contributed by atoms with Gasteiger partial charge in [0.15, 0.2) is 0 Å². The fraction of sp³-hybridized carbons (Fsp3) is 0.304. The average molecular weight is 442 g/mol. The molecule has 29 heavy (non-hydrogen) atoms. The number of fused-ring (bicyclic) bond motifs is 3. The SMILES string of the molecule is CC[C@@H](C(=O)N1c2ccc(OC)cc2-c2c(ssc2=S)C1(C)C)c1ccccc1. The quantitative estimate of drug-likeness (QED) is 0.323. The lowest BCUT2D eigenvalue weighted by atomic mass is 9.84. The van der Waals surface area contributed by atoms with E-state index in [2.05, 4.69) is 20.8 Å². The Labute approximate surface area is 184 Å². The van der Waals surface area contributed by atoms with Crippen LogP contribution in [0.4, 0.5) is 5.69 Å². The second kappa shape index (κ2) is 7.67. The molecule has 1 amide bonds. The van der Waals surface area contributed by atoms with Gasteiger partial charge in [-0.2, -0.15) is 0 Å². The van der Waals surface area contributed by atoms with Crippen LogP contribution in [0.25, 0.3) is 11.1 Å². The standard InChI is InChI=1S/C23H23NO2S3/c1-5-16(14-9-7-6-8-10-14)21(25)24-18-12-11-15(26-4)13-17(18)19-20(23(24,2)3)28-29-22(19)27/h6-13,16H,5H2,1-4H3/t16-/m1/s1. The molecule has 150 valence electrons. The summed E-state index contributed by atoms with van der Waals surface area (Å²) in [5, 5.41) is 0. The van der Waals surface area contributed by atoms with Crippen molar-refractivity contribution < 1.29 is 9.53 Å². The Bertz CT molecular complexity index is 1110. The minimum Gasteiger partial charge on any atom is -0.497 e. The molecule has 4 rings (SSSR count). The average Bonchev–Trinajstić information content (AvgIpc) is 3.12. The van der Waals surface area contributed by atoms with Crippen molar-refractivity contribution in [1.29, 1.82) is 0 Å². The van der Waals surface area contributed by atoms with E-state index in [-0.39, 0.29) is 11.8 Å². The van der Waals surface area contributed by atoms with Gasteiger partial charge in [-0.05, 0) is 44.0 Å². The number of benzene rings is 2. The minimum atomic E-state index is -0.478. The molecule has 0 bridgehead atoms. The van der Waals surface area contributed by atoms with Crippen LogP contribution in [0.3, 0.4) is 0 Å². The molecule has 3 aromatic rings. The number of carbonyl (C=O) groups is 1. The highest BCUT2D eigenvalue weighted by Gasteiger charge is 2.44. The van der Waals surface area contributed by atoms with Gasteiger partial charge in [0.2, 0.25) is 5.91 Å². The highest BCUT2D eigenvalue weighted by Crippen LogP contribution is 2.53. The van der Waals surface area contributed by atoms with Crippen LogP contribution in [0.15, 0.2) is 48.5 Å². The van der Waals surface area contributed by atoms with Crippen LogP contribution in [0.1, 0.15) is 43.6 Å². The van der Waals surface area contributed by atoms with Gasteiger partial charge in [0, 0.05) is 11.1 Å². The largest absolute Gasteiger partial charge is 0.497 e. The van der Waals surface area contributed by atoms with Gasteiger partial charge in [-0.15, -0.1) is 0 Å². The van der Waals surface area contributed by atoms with E-state index in [9.17, 15) is 4.79 Å². The summed E-state index contributed by atoms with van der Waals surface area (Å²) < 4.78 is 6.34. The molecule has 6 heteroatoms. The molecule has 0 saturated heterocycles. The number of amides is 1. The lowest BCUT2D eigenvalue weighted by Crippen LogP contribution is -2.49. The molecule has 0 aliphatic carbocycles. The molecule has 1 aliphatic rings. The number of anilines is 1. The molecule has 0 radical (unpaired) electrons. The first kappa shape index (κ1) is 20.3. The van der Waals surface area contributed by atoms with Gasteiger partial charge >= 0.3 is 0 Å². The molecule has 1 atom stereocenters. The Hall–Kier alpha value is -2.02. The van der Waals surface area contributed by atoms with Gasteiger partial charge in [-0.1, -0.05) is 70.2 Å². The second-order valence-corrected chi connectivity index (χ2v) is 10.5. The second-order valence-electron chi connectivity index (χ2n) is 7.65. The topological polar surface area (TPSA) is 29.5 Å². The van der Waals surface area contributed by atoms with Crippen LogP contribution >= 0.6 is 32.9 Å². The lowest BCUT2D eigenvalue weighted by Gasteiger charge is -2.44. The van der Waals surface area contributed by atoms with E-state index in [1.807, 2.05) is 53.4 Å². The number of nitrogens with zero attached hydrogens (tertiary/aromatic N) is 1. The summed E-state index contributed by atoms with van der Waals surface area (Å²) in [5.41, 5.74) is 3.53. The smallest absolute Gasteiger partial charge is 0.235 e. The maximum atomic E-state index is 14.0. The van der Waals surface area contributed by atoms with E-state index < -0.39 is 5.54 Å². The molecular formula is C23H23NO2S3. The van der Waals surface area contributed by atoms with Crippen LogP contribution in [-0.2, 0) is 10.3 Å². The van der Waals surface area contributed by atoms with Crippen LogP contribution in [0.5, 0.6) is 5.75 Å². The van der Waals surface area contributed by atoms with Gasteiger partial charge in [0.05, 0.1) is 29.1 Å². The van der Waals surface area contributed by atoms with Gasteiger partial charge in [0.25, 0.3) is 0 Å². The third-order valence-corrected chi connectivity index (χ3v) is 8.92. The van der Waals surface area contributed by atoms with Crippen LogP contribution < -0.4 is 9.64 Å². The van der Waals surface area contributed by atoms with E-state index in [0.717, 1.165) is 43.2 Å². The van der Waals surface area contributed by atoms with Crippen LogP contribution in [0, 0.1) is 3.82 Å². The summed E-state index contributed by atoms with van der Waals surface area (Å²) in [7, 11) is 4.93. The molecule has 0 unspecified atom stereocenters. The number of methoxy groups -OCH3 is 1. The van der Waals surface area contributed by atoms with E-state index >= 15 is 0 Å². The Morgan fingerprint density at radius 1 is 1.17 bits per heavy atom. The predicted molar refractivity (Wildman–Crippen MR) is 125 cm³/mol. The Kier molecular flexibility index (Phi) is 5.36. The van der Waals surface area contributed by atoms with E-state index in [4.69, 9.17) is 17.0 Å². The van der Waals surface area contributed by atoms with Crippen molar-refractivity contribution in [1.82, 2.24) is 0 Å². The number of carbonyl (C=O) groups excluding carboxylic acids is 1. The Morgan fingerprint density at radius 2 is 1.90 bits per heavy atom. The summed E-state index contributed by atoms with van der Waals surface area (Å²) in [6.45, 7) is 6.31. The van der Waals surface area contributed by atoms with Crippen LogP contribution in [-0.4, -0.2) is 13.0 Å². The number of hydrogen-bond acceptors (Lipinski definition) is 5. The Balaban J connectivity index is 1.92. The molecule has 0 fully saturated rings. The van der Waals surface area contributed by atoms with Gasteiger partial charge in [0.1, 0.15) is 9.57 Å². The number of ether oxygens (including phenoxy) is 1. The molecule has 2 aromatic carbocycles. The van der Waals surface area contributed by atoms with E-state index in [0.29, 0.717) is 0 Å². The first-order chi connectivity index (χ1) is 13.9. The third kappa shape index (κ3) is 3.23. The van der Waals surface area contributed by atoms with Gasteiger partial charge in [-0.25, -0.2) is 0 Å². The zero-order chi connectivity index (χ0) is 20.8. The summed E-state index contributed by atoms with van der Waals surface area (Å²) >= 11 is 5.67. The maximum Gasteiger partial charge on any atom is 0.235 e. The fourth-order valence-corrected chi connectivity index (χ4v) is 7.41. The van der Waals surface area contributed by atoms with Crippen molar-refractivity contribution in [3.63, 3.8) is 0 Å². The van der Waals surface area contributed by atoms with Gasteiger partial charge in [-0.3, -0.25) is 4.79 Å². The van der Waals surface area contributed by atoms with Crippen molar-refractivity contribution in [2.45, 2.75) is 38.6 Å². The molecule has 1 aliphatic heterocycles. The predicted octanol–water partition coefficient (Wildman–Crippen LogP) is 6.99. The first-order valence-corrected chi connectivity index (χ1v) is 12.2. The van der Waals surface area contributed by atoms with E-state index in [1.54, 1.807) is 27.8 Å². The third-order valence-electron chi connectivity index (χ3n) is 5.59. The van der Waals surface area contributed by atoms with Crippen molar-refractivity contribution in [2.24, 2.45) is 0 Å². The van der Waals surface area contributed by atoms with Crippen molar-refractivity contribution in [2.75, 3.05) is 12.0 Å². The summed E-state index contributed by atoms with van der Waals surface area (Å²) in [5.74, 6) is 0.686. The molecule has 2 heterocycles. The van der Waals surface area contributed by atoms with Crippen LogP contribution in [0.2, 0.25) is 0 Å². The Morgan fingerprint density at radius 3 is 2.55 bits per heavy atom. The summed E-state index contributed by atoms with van der Waals surface area (Å²) in [6, 6.07) is 16.0. The molecule has 0 spiro atoms. The summed E-state index contributed by atoms with van der Waals surface area (Å²) in [6.07, 6.45) is 0.743. The first-order valence-electron chi connectivity index (χ1n) is 9.61. The monoisotopic (exact) mass is 441 g/mol. The van der Waals surface area contributed by atoms with Crippen molar-refractivity contribution in [3.05, 3.63) is 62.8 Å². The van der Waals surface area contributed by atoms with Gasteiger partial charge < -0.3 is 9.64 Å². The zero-order valence-corrected chi connectivity index (χ0v) is 19.3. The fourth-order valence-electron chi connectivity index (χ4n) is 4.12. The molecule has 3 nitrogen and oxygen atoms in total. The highest BCUT2D eigenvalue weighted by atomic mass is 32.9. The number of hydrogen-bond donors (Lipinski definition) is 0. The zero-order valence-electron chi connectivity index (χ0n) is 16.9. The molecule has 0 saturated carbocycles.